The lowest BCUT2D eigenvalue weighted by Gasteiger charge is -2.30. The molecule has 0 saturated carbocycles. The van der Waals surface area contributed by atoms with Crippen LogP contribution in [0.2, 0.25) is 0 Å². The van der Waals surface area contributed by atoms with Crippen molar-refractivity contribution in [3.05, 3.63) is 159 Å². The Bertz CT molecular complexity index is 2050. The summed E-state index contributed by atoms with van der Waals surface area (Å²) < 4.78 is 24.2. The van der Waals surface area contributed by atoms with E-state index in [1.165, 1.54) is 29.0 Å². The number of hydrogen-bond acceptors (Lipinski definition) is 4. The molecule has 0 bridgehead atoms. The molecule has 4 aromatic carbocycles. The highest BCUT2D eigenvalue weighted by molar-refractivity contribution is 9.11. The first-order valence-electron chi connectivity index (χ1n) is 13.5. The summed E-state index contributed by atoms with van der Waals surface area (Å²) in [4.78, 5) is 19.9. The van der Waals surface area contributed by atoms with Gasteiger partial charge < -0.3 is 4.74 Å². The standard InChI is InChI=1S/C34H23Br2FN2O2S/c35-24-16-23(32(28(36)18-24)41-19-20-6-2-1-3-7-20)17-29-33(40)39-31(22-10-13-25(37)14-11-22)27-15-12-21-8-4-5-9-26(21)30(27)38-34(39)42-29/h1-11,13-14,16-18,31H,12,15,19H2/b29-17+/t31-/m0/s1. The molecule has 8 heteroatoms. The van der Waals surface area contributed by atoms with E-state index in [1.54, 1.807) is 16.7 Å². The number of rotatable bonds is 5. The molecular formula is C34H23Br2FN2O2S. The Labute approximate surface area is 262 Å². The number of aromatic nitrogens is 1. The third-order valence-corrected chi connectivity index (χ3v) is 9.64. The van der Waals surface area contributed by atoms with Crippen molar-refractivity contribution in [1.29, 1.82) is 0 Å². The molecule has 7 rings (SSSR count). The summed E-state index contributed by atoms with van der Waals surface area (Å²) in [6.45, 7) is 0.389. The van der Waals surface area contributed by atoms with Gasteiger partial charge in [0.05, 0.1) is 20.7 Å². The summed E-state index contributed by atoms with van der Waals surface area (Å²) >= 11 is 8.60. The Hall–Kier alpha value is -3.59. The molecule has 2 aliphatic rings. The van der Waals surface area contributed by atoms with Crippen LogP contribution in [-0.2, 0) is 13.0 Å². The van der Waals surface area contributed by atoms with Crippen molar-refractivity contribution in [2.75, 3.05) is 0 Å². The molecule has 1 atom stereocenters. The van der Waals surface area contributed by atoms with E-state index in [2.05, 4.69) is 44.0 Å². The van der Waals surface area contributed by atoms with Crippen molar-refractivity contribution >= 4 is 55.0 Å². The van der Waals surface area contributed by atoms with E-state index in [4.69, 9.17) is 9.73 Å². The maximum Gasteiger partial charge on any atom is 0.271 e. The van der Waals surface area contributed by atoms with Gasteiger partial charge in [-0.05, 0) is 81.4 Å². The Morgan fingerprint density at radius 2 is 1.74 bits per heavy atom. The molecule has 42 heavy (non-hydrogen) atoms. The van der Waals surface area contributed by atoms with E-state index in [1.807, 2.05) is 60.7 Å². The van der Waals surface area contributed by atoms with Gasteiger partial charge in [-0.25, -0.2) is 9.38 Å². The van der Waals surface area contributed by atoms with Gasteiger partial charge >= 0.3 is 0 Å². The SMILES string of the molecule is O=c1/c(=C\c2cc(Br)cc(Br)c2OCc2ccccc2)sc2n1[C@@H](c1ccc(F)cc1)C1=C(N=2)c2ccccc2CC1. The number of hydrogen-bond donors (Lipinski definition) is 0. The van der Waals surface area contributed by atoms with Gasteiger partial charge in [0.25, 0.3) is 5.56 Å². The average Bonchev–Trinajstić information content (AvgIpc) is 3.30. The van der Waals surface area contributed by atoms with Crippen molar-refractivity contribution < 1.29 is 9.13 Å². The van der Waals surface area contributed by atoms with Gasteiger partial charge in [0, 0.05) is 15.6 Å². The van der Waals surface area contributed by atoms with Crippen LogP contribution in [0.25, 0.3) is 11.8 Å². The molecule has 2 heterocycles. The minimum absolute atomic E-state index is 0.136. The number of nitrogens with zero attached hydrogens (tertiary/aromatic N) is 2. The van der Waals surface area contributed by atoms with Crippen LogP contribution in [0.3, 0.4) is 0 Å². The van der Waals surface area contributed by atoms with Gasteiger partial charge in [-0.3, -0.25) is 9.36 Å². The maximum atomic E-state index is 14.2. The molecule has 1 aliphatic carbocycles. The largest absolute Gasteiger partial charge is 0.487 e. The quantitative estimate of drug-likeness (QED) is 0.190. The third kappa shape index (κ3) is 5.02. The summed E-state index contributed by atoms with van der Waals surface area (Å²) in [5, 5.41) is 0. The number of allylic oxidation sites excluding steroid dienone is 1. The predicted octanol–water partition coefficient (Wildman–Crippen LogP) is 7.56. The Morgan fingerprint density at radius 1 is 0.976 bits per heavy atom. The highest BCUT2D eigenvalue weighted by Crippen LogP contribution is 2.41. The van der Waals surface area contributed by atoms with Crippen molar-refractivity contribution in [3.8, 4) is 5.75 Å². The summed E-state index contributed by atoms with van der Waals surface area (Å²) in [5.74, 6) is 0.341. The number of aryl methyl sites for hydroxylation is 1. The van der Waals surface area contributed by atoms with Crippen LogP contribution >= 0.6 is 43.2 Å². The summed E-state index contributed by atoms with van der Waals surface area (Å²) in [6, 6.07) is 28.2. The van der Waals surface area contributed by atoms with Gasteiger partial charge in [0.1, 0.15) is 18.2 Å². The molecule has 0 spiro atoms. The minimum Gasteiger partial charge on any atom is -0.487 e. The summed E-state index contributed by atoms with van der Waals surface area (Å²) in [5.41, 5.74) is 6.87. The van der Waals surface area contributed by atoms with E-state index in [0.29, 0.717) is 21.7 Å². The van der Waals surface area contributed by atoms with Crippen LogP contribution in [0.5, 0.6) is 5.75 Å². The van der Waals surface area contributed by atoms with Crippen LogP contribution in [0.1, 0.15) is 40.3 Å². The number of fused-ring (bicyclic) bond motifs is 3. The first-order valence-corrected chi connectivity index (χ1v) is 15.9. The van der Waals surface area contributed by atoms with Gasteiger partial charge in [0.2, 0.25) is 0 Å². The Kier molecular flexibility index (Phi) is 7.30. The van der Waals surface area contributed by atoms with Crippen molar-refractivity contribution in [2.45, 2.75) is 25.5 Å². The molecule has 0 saturated heterocycles. The zero-order valence-electron chi connectivity index (χ0n) is 22.2. The van der Waals surface area contributed by atoms with Gasteiger partial charge in [0.15, 0.2) is 4.80 Å². The molecule has 0 radical (unpaired) electrons. The van der Waals surface area contributed by atoms with Crippen molar-refractivity contribution in [1.82, 2.24) is 4.57 Å². The average molecular weight is 702 g/mol. The van der Waals surface area contributed by atoms with E-state index < -0.39 is 0 Å². The maximum absolute atomic E-state index is 14.2. The number of halogens is 3. The number of thiazole rings is 1. The molecule has 0 amide bonds. The molecule has 208 valence electrons. The lowest BCUT2D eigenvalue weighted by molar-refractivity contribution is 0.303. The van der Waals surface area contributed by atoms with Crippen molar-refractivity contribution in [3.63, 3.8) is 0 Å². The molecule has 0 fully saturated rings. The second kappa shape index (κ2) is 11.2. The van der Waals surface area contributed by atoms with E-state index in [9.17, 15) is 9.18 Å². The van der Waals surface area contributed by atoms with Crippen LogP contribution in [-0.4, -0.2) is 4.57 Å². The predicted molar refractivity (Wildman–Crippen MR) is 172 cm³/mol. The number of benzene rings is 4. The fourth-order valence-corrected chi connectivity index (χ4v) is 8.04. The fourth-order valence-electron chi connectivity index (χ4n) is 5.68. The lowest BCUT2D eigenvalue weighted by Crippen LogP contribution is -2.38. The molecule has 0 unspecified atom stereocenters. The van der Waals surface area contributed by atoms with E-state index >= 15 is 0 Å². The molecule has 5 aromatic rings. The van der Waals surface area contributed by atoms with Crippen LogP contribution < -0.4 is 19.6 Å². The topological polar surface area (TPSA) is 43.6 Å². The normalized spacial score (nSPS) is 16.0. The zero-order valence-corrected chi connectivity index (χ0v) is 26.2. The molecule has 1 aromatic heterocycles. The second-order valence-electron chi connectivity index (χ2n) is 10.2. The first-order chi connectivity index (χ1) is 20.5. The highest BCUT2D eigenvalue weighted by atomic mass is 79.9. The van der Waals surface area contributed by atoms with Crippen molar-refractivity contribution in [2.24, 2.45) is 4.99 Å². The van der Waals surface area contributed by atoms with Gasteiger partial charge in [-0.15, -0.1) is 0 Å². The highest BCUT2D eigenvalue weighted by Gasteiger charge is 2.32. The van der Waals surface area contributed by atoms with Gasteiger partial charge in [-0.2, -0.15) is 0 Å². The molecular weight excluding hydrogens is 679 g/mol. The third-order valence-electron chi connectivity index (χ3n) is 7.61. The van der Waals surface area contributed by atoms with Crippen LogP contribution in [0.4, 0.5) is 4.39 Å². The second-order valence-corrected chi connectivity index (χ2v) is 13.0. The van der Waals surface area contributed by atoms with Crippen LogP contribution in [0, 0.1) is 5.82 Å². The van der Waals surface area contributed by atoms with E-state index in [0.717, 1.165) is 55.3 Å². The Balaban J connectivity index is 1.40. The summed E-state index contributed by atoms with van der Waals surface area (Å²) in [6.07, 6.45) is 3.51. The molecule has 4 nitrogen and oxygen atoms in total. The molecule has 1 aliphatic heterocycles. The van der Waals surface area contributed by atoms with Gasteiger partial charge in [-0.1, -0.05) is 94.0 Å². The smallest absolute Gasteiger partial charge is 0.271 e. The fraction of sp³-hybridized carbons (Fsp3) is 0.118. The molecule has 0 N–H and O–H groups in total. The van der Waals surface area contributed by atoms with E-state index in [-0.39, 0.29) is 17.4 Å². The Morgan fingerprint density at radius 3 is 2.55 bits per heavy atom. The van der Waals surface area contributed by atoms with Crippen LogP contribution in [0.15, 0.2) is 115 Å². The lowest BCUT2D eigenvalue weighted by atomic mass is 9.83. The minimum atomic E-state index is -0.365. The summed E-state index contributed by atoms with van der Waals surface area (Å²) in [7, 11) is 0. The number of ether oxygens (including phenoxy) is 1. The zero-order chi connectivity index (χ0) is 28.8. The monoisotopic (exact) mass is 700 g/mol. The first kappa shape index (κ1) is 27.3.